The van der Waals surface area contributed by atoms with Crippen molar-refractivity contribution in [2.24, 2.45) is 11.8 Å². The van der Waals surface area contributed by atoms with E-state index in [0.29, 0.717) is 0 Å². The standard InChI is InChI=1S/C9H13F2NO4/c10-7(11)4-12(1-2-13)8(14)5-3-6(5)9(15)16/h5-7,13H,1-4H2,(H,15,16)/t5-,6+/m1/s1. The van der Waals surface area contributed by atoms with Crippen molar-refractivity contribution in [3.63, 3.8) is 0 Å². The van der Waals surface area contributed by atoms with Gasteiger partial charge in [0.25, 0.3) is 6.43 Å². The summed E-state index contributed by atoms with van der Waals surface area (Å²) in [4.78, 5) is 22.9. The number of aliphatic carboxylic acids is 1. The minimum Gasteiger partial charge on any atom is -0.481 e. The van der Waals surface area contributed by atoms with Gasteiger partial charge in [0.2, 0.25) is 5.91 Å². The number of carbonyl (C=O) groups is 2. The van der Waals surface area contributed by atoms with E-state index in [9.17, 15) is 18.4 Å². The fraction of sp³-hybridized carbons (Fsp3) is 0.778. The number of hydrogen-bond acceptors (Lipinski definition) is 3. The molecule has 1 aliphatic carbocycles. The average Bonchev–Trinajstić information content (AvgIpc) is 2.94. The molecule has 7 heteroatoms. The van der Waals surface area contributed by atoms with Crippen molar-refractivity contribution in [1.82, 2.24) is 4.90 Å². The molecular weight excluding hydrogens is 224 g/mol. The highest BCUT2D eigenvalue weighted by atomic mass is 19.3. The third-order valence-electron chi connectivity index (χ3n) is 2.46. The maximum Gasteiger partial charge on any atom is 0.307 e. The van der Waals surface area contributed by atoms with Gasteiger partial charge in [-0.05, 0) is 6.42 Å². The van der Waals surface area contributed by atoms with Crippen molar-refractivity contribution < 1.29 is 28.6 Å². The number of alkyl halides is 2. The second kappa shape index (κ2) is 5.20. The molecule has 0 aromatic carbocycles. The first-order valence-electron chi connectivity index (χ1n) is 4.88. The number of halogens is 2. The molecule has 0 aromatic rings. The molecule has 92 valence electrons. The molecule has 2 atom stereocenters. The van der Waals surface area contributed by atoms with Crippen LogP contribution in [0.25, 0.3) is 0 Å². The Hall–Kier alpha value is -1.24. The topological polar surface area (TPSA) is 77.8 Å². The Bertz CT molecular complexity index is 285. The van der Waals surface area contributed by atoms with Crippen LogP contribution in [0.3, 0.4) is 0 Å². The predicted octanol–water partition coefficient (Wildman–Crippen LogP) is -0.207. The first kappa shape index (κ1) is 12.8. The number of aliphatic hydroxyl groups excluding tert-OH is 1. The number of carboxylic acids is 1. The van der Waals surface area contributed by atoms with Gasteiger partial charge in [-0.1, -0.05) is 0 Å². The monoisotopic (exact) mass is 237 g/mol. The first-order valence-corrected chi connectivity index (χ1v) is 4.88. The highest BCUT2D eigenvalue weighted by Crippen LogP contribution is 2.40. The van der Waals surface area contributed by atoms with Gasteiger partial charge >= 0.3 is 5.97 Å². The molecule has 1 fully saturated rings. The highest BCUT2D eigenvalue weighted by Gasteiger charge is 2.49. The fourth-order valence-electron chi connectivity index (χ4n) is 1.55. The molecular formula is C9H13F2NO4. The molecule has 16 heavy (non-hydrogen) atoms. The second-order valence-electron chi connectivity index (χ2n) is 3.69. The van der Waals surface area contributed by atoms with E-state index in [0.717, 1.165) is 4.90 Å². The summed E-state index contributed by atoms with van der Waals surface area (Å²) >= 11 is 0. The summed E-state index contributed by atoms with van der Waals surface area (Å²) in [6.45, 7) is -1.36. The van der Waals surface area contributed by atoms with Crippen LogP contribution in [0.15, 0.2) is 0 Å². The average molecular weight is 237 g/mol. The minimum atomic E-state index is -2.68. The largest absolute Gasteiger partial charge is 0.481 e. The van der Waals surface area contributed by atoms with E-state index < -0.39 is 43.3 Å². The Morgan fingerprint density at radius 1 is 1.38 bits per heavy atom. The molecule has 0 spiro atoms. The molecule has 0 aromatic heterocycles. The molecule has 0 bridgehead atoms. The zero-order valence-electron chi connectivity index (χ0n) is 8.47. The Morgan fingerprint density at radius 3 is 2.38 bits per heavy atom. The van der Waals surface area contributed by atoms with Crippen molar-refractivity contribution in [3.05, 3.63) is 0 Å². The first-order chi connectivity index (χ1) is 7.47. The third-order valence-corrected chi connectivity index (χ3v) is 2.46. The normalized spacial score (nSPS) is 23.2. The lowest BCUT2D eigenvalue weighted by Gasteiger charge is -2.21. The molecule has 0 radical (unpaired) electrons. The molecule has 1 saturated carbocycles. The van der Waals surface area contributed by atoms with Gasteiger partial charge in [0.15, 0.2) is 0 Å². The van der Waals surface area contributed by atoms with E-state index in [4.69, 9.17) is 10.2 Å². The van der Waals surface area contributed by atoms with Gasteiger partial charge in [0.05, 0.1) is 25.0 Å². The Labute approximate surface area is 90.7 Å². The Balaban J connectivity index is 2.52. The summed E-state index contributed by atoms with van der Waals surface area (Å²) in [6, 6.07) is 0. The maximum absolute atomic E-state index is 12.1. The molecule has 1 aliphatic rings. The number of carbonyl (C=O) groups excluding carboxylic acids is 1. The van der Waals surface area contributed by atoms with Crippen LogP contribution >= 0.6 is 0 Å². The van der Waals surface area contributed by atoms with E-state index in [1.165, 1.54) is 0 Å². The van der Waals surface area contributed by atoms with Crippen LogP contribution < -0.4 is 0 Å². The summed E-state index contributed by atoms with van der Waals surface area (Å²) in [7, 11) is 0. The fourth-order valence-corrected chi connectivity index (χ4v) is 1.55. The van der Waals surface area contributed by atoms with Crippen LogP contribution in [-0.4, -0.2) is 53.1 Å². The molecule has 5 nitrogen and oxygen atoms in total. The van der Waals surface area contributed by atoms with E-state index in [2.05, 4.69) is 0 Å². The Kier molecular flexibility index (Phi) is 4.17. The number of rotatable bonds is 6. The van der Waals surface area contributed by atoms with Crippen LogP contribution in [0.2, 0.25) is 0 Å². The van der Waals surface area contributed by atoms with Crippen molar-refractivity contribution in [2.75, 3.05) is 19.7 Å². The Morgan fingerprint density at radius 2 is 2.00 bits per heavy atom. The van der Waals surface area contributed by atoms with Gasteiger partial charge in [-0.15, -0.1) is 0 Å². The van der Waals surface area contributed by atoms with Crippen molar-refractivity contribution in [1.29, 1.82) is 0 Å². The lowest BCUT2D eigenvalue weighted by Crippen LogP contribution is -2.38. The molecule has 0 heterocycles. The predicted molar refractivity (Wildman–Crippen MR) is 48.9 cm³/mol. The smallest absolute Gasteiger partial charge is 0.307 e. The van der Waals surface area contributed by atoms with Gasteiger partial charge in [-0.3, -0.25) is 9.59 Å². The van der Waals surface area contributed by atoms with Crippen LogP contribution in [0.4, 0.5) is 8.78 Å². The van der Waals surface area contributed by atoms with Gasteiger partial charge in [-0.25, -0.2) is 8.78 Å². The van der Waals surface area contributed by atoms with E-state index in [-0.39, 0.29) is 13.0 Å². The number of aliphatic hydroxyl groups is 1. The molecule has 0 unspecified atom stereocenters. The van der Waals surface area contributed by atoms with E-state index in [1.807, 2.05) is 0 Å². The summed E-state index contributed by atoms with van der Waals surface area (Å²) in [5.41, 5.74) is 0. The summed E-state index contributed by atoms with van der Waals surface area (Å²) in [6.07, 6.45) is -2.49. The summed E-state index contributed by atoms with van der Waals surface area (Å²) in [5.74, 6) is -3.16. The van der Waals surface area contributed by atoms with Crippen LogP contribution in [-0.2, 0) is 9.59 Å². The number of carboxylic acid groups (broad SMARTS) is 1. The summed E-state index contributed by atoms with van der Waals surface area (Å²) in [5, 5.41) is 17.2. The number of hydrogen-bond donors (Lipinski definition) is 2. The van der Waals surface area contributed by atoms with Gasteiger partial charge in [0.1, 0.15) is 0 Å². The van der Waals surface area contributed by atoms with Crippen LogP contribution in [0.1, 0.15) is 6.42 Å². The summed E-state index contributed by atoms with van der Waals surface area (Å²) < 4.78 is 24.2. The molecule has 1 amide bonds. The van der Waals surface area contributed by atoms with Crippen molar-refractivity contribution >= 4 is 11.9 Å². The second-order valence-corrected chi connectivity index (χ2v) is 3.69. The van der Waals surface area contributed by atoms with Crippen molar-refractivity contribution in [3.8, 4) is 0 Å². The van der Waals surface area contributed by atoms with Gasteiger partial charge in [0, 0.05) is 6.54 Å². The van der Waals surface area contributed by atoms with Crippen molar-refractivity contribution in [2.45, 2.75) is 12.8 Å². The minimum absolute atomic E-state index is 0.188. The SMILES string of the molecule is O=C(O)[C@H]1C[C@H]1C(=O)N(CCO)CC(F)F. The lowest BCUT2D eigenvalue weighted by atomic mass is 10.2. The van der Waals surface area contributed by atoms with Gasteiger partial charge < -0.3 is 15.1 Å². The lowest BCUT2D eigenvalue weighted by molar-refractivity contribution is -0.142. The molecule has 2 N–H and O–H groups in total. The zero-order chi connectivity index (χ0) is 12.3. The van der Waals surface area contributed by atoms with Crippen LogP contribution in [0, 0.1) is 11.8 Å². The molecule has 0 saturated heterocycles. The van der Waals surface area contributed by atoms with Gasteiger partial charge in [-0.2, -0.15) is 0 Å². The highest BCUT2D eigenvalue weighted by molar-refractivity contribution is 5.89. The third kappa shape index (κ3) is 3.13. The van der Waals surface area contributed by atoms with E-state index >= 15 is 0 Å². The zero-order valence-corrected chi connectivity index (χ0v) is 8.47. The quantitative estimate of drug-likeness (QED) is 0.670. The molecule has 0 aliphatic heterocycles. The molecule has 1 rings (SSSR count). The maximum atomic E-state index is 12.1. The van der Waals surface area contributed by atoms with E-state index in [1.54, 1.807) is 0 Å². The number of amides is 1. The van der Waals surface area contributed by atoms with Crippen LogP contribution in [0.5, 0.6) is 0 Å². The number of nitrogens with zero attached hydrogens (tertiary/aromatic N) is 1.